The lowest BCUT2D eigenvalue weighted by molar-refractivity contribution is 0.0527. The van der Waals surface area contributed by atoms with Crippen LogP contribution in [0.1, 0.15) is 33.3 Å². The van der Waals surface area contributed by atoms with Crippen LogP contribution in [0, 0.1) is 20.8 Å². The van der Waals surface area contributed by atoms with E-state index >= 15 is 0 Å². The first kappa shape index (κ1) is 23.7. The molecule has 0 amide bonds. The smallest absolute Gasteiger partial charge is 0.341 e. The molecule has 0 aliphatic rings. The molecule has 10 heteroatoms. The average molecular weight is 497 g/mol. The number of esters is 1. The summed E-state index contributed by atoms with van der Waals surface area (Å²) in [6.45, 7) is 7.46. The number of nitrogens with one attached hydrogen (secondary N) is 2. The maximum absolute atomic E-state index is 13.2. The lowest BCUT2D eigenvalue weighted by Crippen LogP contribution is -2.17. The van der Waals surface area contributed by atoms with Crippen molar-refractivity contribution in [2.24, 2.45) is 0 Å². The largest absolute Gasteiger partial charge is 0.462 e. The molecular formula is C24H24N4O4S2. The standard InChI is InChI=1S/C24H24N4O4S2/c1-5-32-24(29)20-15(3)16(4)33-23(20)27-21-22(26-18-12-8-7-11-17(18)25-21)28-34(30,31)19-13-9-6-10-14(19)2/h6-13H,5H2,1-4H3,(H,25,27)(H,26,28). The summed E-state index contributed by atoms with van der Waals surface area (Å²) in [5.41, 5.74) is 2.90. The van der Waals surface area contributed by atoms with Gasteiger partial charge in [-0.15, -0.1) is 11.3 Å². The Labute approximate surface area is 202 Å². The van der Waals surface area contributed by atoms with Gasteiger partial charge >= 0.3 is 5.97 Å². The molecule has 4 rings (SSSR count). The summed E-state index contributed by atoms with van der Waals surface area (Å²) < 4.78 is 34.2. The van der Waals surface area contributed by atoms with E-state index in [9.17, 15) is 13.2 Å². The molecule has 0 radical (unpaired) electrons. The van der Waals surface area contributed by atoms with Crippen molar-refractivity contribution >= 4 is 55.0 Å². The highest BCUT2D eigenvalue weighted by Crippen LogP contribution is 2.37. The molecule has 2 N–H and O–H groups in total. The van der Waals surface area contributed by atoms with E-state index in [0.29, 0.717) is 27.2 Å². The maximum Gasteiger partial charge on any atom is 0.341 e. The highest BCUT2D eigenvalue weighted by Gasteiger charge is 2.24. The van der Waals surface area contributed by atoms with Crippen LogP contribution in [0.25, 0.3) is 11.0 Å². The molecule has 0 unspecified atom stereocenters. The monoisotopic (exact) mass is 496 g/mol. The first-order valence-electron chi connectivity index (χ1n) is 10.6. The number of aryl methyl sites for hydroxylation is 2. The molecule has 0 bridgehead atoms. The van der Waals surface area contributed by atoms with E-state index in [0.717, 1.165) is 10.4 Å². The summed E-state index contributed by atoms with van der Waals surface area (Å²) in [5, 5.41) is 3.65. The van der Waals surface area contributed by atoms with E-state index in [1.807, 2.05) is 19.9 Å². The Morgan fingerprint density at radius 1 is 0.971 bits per heavy atom. The number of hydrogen-bond donors (Lipinski definition) is 2. The molecule has 0 atom stereocenters. The third-order valence-electron chi connectivity index (χ3n) is 5.28. The Morgan fingerprint density at radius 2 is 1.59 bits per heavy atom. The van der Waals surface area contributed by atoms with Crippen LogP contribution in [0.15, 0.2) is 53.4 Å². The molecule has 176 valence electrons. The Hall–Kier alpha value is -3.50. The number of carbonyl (C=O) groups is 1. The zero-order valence-electron chi connectivity index (χ0n) is 19.2. The van der Waals surface area contributed by atoms with E-state index in [1.54, 1.807) is 50.2 Å². The third kappa shape index (κ3) is 4.59. The summed E-state index contributed by atoms with van der Waals surface area (Å²) >= 11 is 1.36. The SMILES string of the molecule is CCOC(=O)c1c(Nc2nc3ccccc3nc2NS(=O)(=O)c2ccccc2C)sc(C)c1C. The topological polar surface area (TPSA) is 110 Å². The van der Waals surface area contributed by atoms with Gasteiger partial charge in [0.25, 0.3) is 10.0 Å². The fraction of sp³-hybridized carbons (Fsp3) is 0.208. The number of benzene rings is 2. The number of carbonyl (C=O) groups excluding carboxylic acids is 1. The number of aromatic nitrogens is 2. The van der Waals surface area contributed by atoms with Crippen molar-refractivity contribution in [1.29, 1.82) is 0 Å². The van der Waals surface area contributed by atoms with Gasteiger partial charge in [-0.1, -0.05) is 30.3 Å². The fourth-order valence-electron chi connectivity index (χ4n) is 3.47. The molecule has 0 aliphatic heterocycles. The number of fused-ring (bicyclic) bond motifs is 1. The number of thiophene rings is 1. The normalized spacial score (nSPS) is 11.4. The van der Waals surface area contributed by atoms with Crippen molar-refractivity contribution in [3.63, 3.8) is 0 Å². The second-order valence-corrected chi connectivity index (χ2v) is 10.5. The van der Waals surface area contributed by atoms with Gasteiger partial charge in [-0.25, -0.2) is 23.2 Å². The number of hydrogen-bond acceptors (Lipinski definition) is 8. The van der Waals surface area contributed by atoms with Gasteiger partial charge in [0.05, 0.1) is 28.1 Å². The minimum atomic E-state index is -3.95. The van der Waals surface area contributed by atoms with Crippen LogP contribution in [0.4, 0.5) is 16.6 Å². The van der Waals surface area contributed by atoms with E-state index < -0.39 is 16.0 Å². The van der Waals surface area contributed by atoms with Gasteiger partial charge in [-0.3, -0.25) is 4.72 Å². The number of nitrogens with zero attached hydrogens (tertiary/aromatic N) is 2. The highest BCUT2D eigenvalue weighted by molar-refractivity contribution is 7.92. The lowest BCUT2D eigenvalue weighted by Gasteiger charge is -2.15. The van der Waals surface area contributed by atoms with Crippen molar-refractivity contribution in [1.82, 2.24) is 9.97 Å². The van der Waals surface area contributed by atoms with Gasteiger partial charge < -0.3 is 10.1 Å². The van der Waals surface area contributed by atoms with Crippen LogP contribution >= 0.6 is 11.3 Å². The second-order valence-electron chi connectivity index (χ2n) is 7.61. The molecule has 2 heterocycles. The molecule has 8 nitrogen and oxygen atoms in total. The summed E-state index contributed by atoms with van der Waals surface area (Å²) in [7, 11) is -3.95. The van der Waals surface area contributed by atoms with Crippen LogP contribution in [0.5, 0.6) is 0 Å². The summed E-state index contributed by atoms with van der Waals surface area (Å²) in [6, 6.07) is 13.8. The number of rotatable bonds is 7. The highest BCUT2D eigenvalue weighted by atomic mass is 32.2. The van der Waals surface area contributed by atoms with Crippen molar-refractivity contribution in [2.75, 3.05) is 16.6 Å². The molecule has 2 aromatic heterocycles. The summed E-state index contributed by atoms with van der Waals surface area (Å²) in [4.78, 5) is 22.8. The van der Waals surface area contributed by atoms with Gasteiger partial charge in [-0.2, -0.15) is 0 Å². The van der Waals surface area contributed by atoms with Crippen LogP contribution in [-0.4, -0.2) is 31.0 Å². The van der Waals surface area contributed by atoms with Gasteiger partial charge in [0, 0.05) is 4.88 Å². The van der Waals surface area contributed by atoms with E-state index in [-0.39, 0.29) is 23.1 Å². The van der Waals surface area contributed by atoms with Crippen molar-refractivity contribution in [2.45, 2.75) is 32.6 Å². The Kier molecular flexibility index (Phi) is 6.54. The van der Waals surface area contributed by atoms with E-state index in [4.69, 9.17) is 4.74 Å². The number of sulfonamides is 1. The minimum Gasteiger partial charge on any atom is -0.462 e. The van der Waals surface area contributed by atoms with Crippen LogP contribution < -0.4 is 10.0 Å². The quantitative estimate of drug-likeness (QED) is 0.332. The molecule has 34 heavy (non-hydrogen) atoms. The first-order chi connectivity index (χ1) is 16.2. The van der Waals surface area contributed by atoms with E-state index in [2.05, 4.69) is 20.0 Å². The zero-order chi connectivity index (χ0) is 24.5. The molecule has 0 spiro atoms. The van der Waals surface area contributed by atoms with Crippen LogP contribution in [0.2, 0.25) is 0 Å². The average Bonchev–Trinajstić information content (AvgIpc) is 3.07. The van der Waals surface area contributed by atoms with Gasteiger partial charge in [-0.05, 0) is 57.0 Å². The Morgan fingerprint density at radius 3 is 2.24 bits per heavy atom. The van der Waals surface area contributed by atoms with Crippen molar-refractivity contribution in [3.05, 3.63) is 70.1 Å². The number of para-hydroxylation sites is 2. The molecule has 4 aromatic rings. The van der Waals surface area contributed by atoms with Gasteiger partial charge in [0.15, 0.2) is 11.6 Å². The van der Waals surface area contributed by atoms with Crippen LogP contribution in [-0.2, 0) is 14.8 Å². The van der Waals surface area contributed by atoms with Crippen LogP contribution in [0.3, 0.4) is 0 Å². The van der Waals surface area contributed by atoms with Crippen molar-refractivity contribution < 1.29 is 17.9 Å². The van der Waals surface area contributed by atoms with Gasteiger partial charge in [0.2, 0.25) is 0 Å². The Balaban J connectivity index is 1.83. The summed E-state index contributed by atoms with van der Waals surface area (Å²) in [5.74, 6) is -0.245. The predicted molar refractivity (Wildman–Crippen MR) is 135 cm³/mol. The predicted octanol–water partition coefficient (Wildman–Crippen LogP) is 5.34. The molecule has 0 saturated heterocycles. The molecule has 0 fully saturated rings. The maximum atomic E-state index is 13.2. The molecule has 0 saturated carbocycles. The third-order valence-corrected chi connectivity index (χ3v) is 7.90. The fourth-order valence-corrected chi connectivity index (χ4v) is 5.77. The molecule has 2 aromatic carbocycles. The van der Waals surface area contributed by atoms with Gasteiger partial charge in [0.1, 0.15) is 5.00 Å². The minimum absolute atomic E-state index is 0.0282. The lowest BCUT2D eigenvalue weighted by atomic mass is 10.1. The van der Waals surface area contributed by atoms with Crippen molar-refractivity contribution in [3.8, 4) is 0 Å². The number of anilines is 3. The first-order valence-corrected chi connectivity index (χ1v) is 12.9. The Bertz CT molecular complexity index is 1500. The molecular weight excluding hydrogens is 472 g/mol. The number of ether oxygens (including phenoxy) is 1. The van der Waals surface area contributed by atoms with E-state index in [1.165, 1.54) is 17.4 Å². The zero-order valence-corrected chi connectivity index (χ0v) is 20.8. The second kappa shape index (κ2) is 9.40. The molecule has 0 aliphatic carbocycles. The summed E-state index contributed by atoms with van der Waals surface area (Å²) in [6.07, 6.45) is 0.